The zero-order valence-corrected chi connectivity index (χ0v) is 14.9. The van der Waals surface area contributed by atoms with Gasteiger partial charge in [0.25, 0.3) is 5.91 Å². The molecule has 1 aromatic heterocycles. The summed E-state index contributed by atoms with van der Waals surface area (Å²) in [6, 6.07) is 11.1. The van der Waals surface area contributed by atoms with Crippen molar-refractivity contribution in [3.63, 3.8) is 0 Å². The highest BCUT2D eigenvalue weighted by atomic mass is 32.2. The number of aromatic nitrogens is 1. The second-order valence-electron chi connectivity index (χ2n) is 6.09. The van der Waals surface area contributed by atoms with Gasteiger partial charge in [-0.25, -0.2) is 8.42 Å². The summed E-state index contributed by atoms with van der Waals surface area (Å²) in [7, 11) is -2.95. The van der Waals surface area contributed by atoms with E-state index in [1.807, 2.05) is 37.3 Å². The number of benzene rings is 1. The van der Waals surface area contributed by atoms with Gasteiger partial charge in [-0.2, -0.15) is 0 Å². The first kappa shape index (κ1) is 17.4. The fourth-order valence-electron chi connectivity index (χ4n) is 2.99. The van der Waals surface area contributed by atoms with E-state index in [4.69, 9.17) is 0 Å². The number of sulfone groups is 1. The number of hydrogen-bond acceptors (Lipinski definition) is 5. The molecule has 1 amide bonds. The molecule has 2 heterocycles. The van der Waals surface area contributed by atoms with Crippen molar-refractivity contribution in [2.75, 3.05) is 28.3 Å². The topological polar surface area (TPSA) is 79.4 Å². The van der Waals surface area contributed by atoms with Crippen LogP contribution < -0.4 is 10.2 Å². The number of anilines is 2. The van der Waals surface area contributed by atoms with Gasteiger partial charge >= 0.3 is 0 Å². The fourth-order valence-corrected chi connectivity index (χ4v) is 4.66. The zero-order valence-electron chi connectivity index (χ0n) is 14.1. The van der Waals surface area contributed by atoms with Crippen molar-refractivity contribution >= 4 is 27.1 Å². The molecule has 0 saturated carbocycles. The highest BCUT2D eigenvalue weighted by molar-refractivity contribution is 7.91. The van der Waals surface area contributed by atoms with Gasteiger partial charge in [-0.15, -0.1) is 0 Å². The minimum Gasteiger partial charge on any atom is -0.380 e. The molecule has 1 atom stereocenters. The van der Waals surface area contributed by atoms with E-state index >= 15 is 0 Å². The molecule has 1 saturated heterocycles. The van der Waals surface area contributed by atoms with Gasteiger partial charge in [0.05, 0.1) is 22.8 Å². The van der Waals surface area contributed by atoms with Gasteiger partial charge in [-0.1, -0.05) is 18.2 Å². The van der Waals surface area contributed by atoms with Gasteiger partial charge in [0.1, 0.15) is 0 Å². The van der Waals surface area contributed by atoms with Crippen molar-refractivity contribution < 1.29 is 13.2 Å². The van der Waals surface area contributed by atoms with Crippen molar-refractivity contribution in [1.29, 1.82) is 0 Å². The van der Waals surface area contributed by atoms with E-state index in [9.17, 15) is 13.2 Å². The standard InChI is InChI=1S/C18H21N3O3S/c1-2-21(17-6-4-3-5-7-17)18(22)14-10-16(12-19-11-14)20-15-8-9-25(23,24)13-15/h3-7,10-12,15,20H,2,8-9,13H2,1H3. The Morgan fingerprint density at radius 1 is 1.28 bits per heavy atom. The lowest BCUT2D eigenvalue weighted by Crippen LogP contribution is -2.30. The SMILES string of the molecule is CCN(C(=O)c1cncc(NC2CCS(=O)(=O)C2)c1)c1ccccc1. The van der Waals surface area contributed by atoms with Crippen molar-refractivity contribution in [3.05, 3.63) is 54.4 Å². The van der Waals surface area contributed by atoms with Crippen LogP contribution in [0, 0.1) is 0 Å². The van der Waals surface area contributed by atoms with Crippen LogP contribution in [0.4, 0.5) is 11.4 Å². The van der Waals surface area contributed by atoms with Gasteiger partial charge in [-0.3, -0.25) is 9.78 Å². The van der Waals surface area contributed by atoms with Gasteiger partial charge in [0.15, 0.2) is 9.84 Å². The van der Waals surface area contributed by atoms with E-state index in [0.29, 0.717) is 24.2 Å². The number of carbonyl (C=O) groups excluding carboxylic acids is 1. The molecule has 7 heteroatoms. The molecule has 1 aliphatic heterocycles. The Balaban J connectivity index is 1.77. The molecule has 132 valence electrons. The largest absolute Gasteiger partial charge is 0.380 e. The van der Waals surface area contributed by atoms with Crippen LogP contribution in [0.15, 0.2) is 48.8 Å². The Morgan fingerprint density at radius 2 is 2.04 bits per heavy atom. The maximum Gasteiger partial charge on any atom is 0.259 e. The minimum absolute atomic E-state index is 0.121. The van der Waals surface area contributed by atoms with Crippen LogP contribution in [0.1, 0.15) is 23.7 Å². The lowest BCUT2D eigenvalue weighted by Gasteiger charge is -2.21. The van der Waals surface area contributed by atoms with Crippen LogP contribution in [0.3, 0.4) is 0 Å². The predicted octanol–water partition coefficient (Wildman–Crippen LogP) is 2.35. The maximum atomic E-state index is 12.8. The van der Waals surface area contributed by atoms with Gasteiger partial charge in [0.2, 0.25) is 0 Å². The number of carbonyl (C=O) groups is 1. The summed E-state index contributed by atoms with van der Waals surface area (Å²) < 4.78 is 23.1. The van der Waals surface area contributed by atoms with Gasteiger partial charge in [0, 0.05) is 30.7 Å². The average molecular weight is 359 g/mol. The number of para-hydroxylation sites is 1. The van der Waals surface area contributed by atoms with Crippen LogP contribution in [0.25, 0.3) is 0 Å². The second-order valence-corrected chi connectivity index (χ2v) is 8.32. The summed E-state index contributed by atoms with van der Waals surface area (Å²) in [4.78, 5) is 18.6. The van der Waals surface area contributed by atoms with Crippen LogP contribution in [0.5, 0.6) is 0 Å². The lowest BCUT2D eigenvalue weighted by atomic mass is 10.2. The molecule has 1 N–H and O–H groups in total. The molecule has 1 aromatic carbocycles. The van der Waals surface area contributed by atoms with E-state index in [-0.39, 0.29) is 23.5 Å². The predicted molar refractivity (Wildman–Crippen MR) is 98.7 cm³/mol. The molecule has 25 heavy (non-hydrogen) atoms. The Kier molecular flexibility index (Phi) is 5.03. The van der Waals surface area contributed by atoms with Crippen LogP contribution in [-0.4, -0.2) is 43.4 Å². The number of nitrogens with zero attached hydrogens (tertiary/aromatic N) is 2. The number of pyridine rings is 1. The monoisotopic (exact) mass is 359 g/mol. The lowest BCUT2D eigenvalue weighted by molar-refractivity contribution is 0.0988. The summed E-state index contributed by atoms with van der Waals surface area (Å²) in [5.41, 5.74) is 1.96. The normalized spacial score (nSPS) is 18.7. The first-order chi connectivity index (χ1) is 12.0. The van der Waals surface area contributed by atoms with Crippen molar-refractivity contribution in [2.24, 2.45) is 0 Å². The van der Waals surface area contributed by atoms with Gasteiger partial charge < -0.3 is 10.2 Å². The van der Waals surface area contributed by atoms with Gasteiger partial charge in [-0.05, 0) is 31.5 Å². The third kappa shape index (κ3) is 4.17. The first-order valence-electron chi connectivity index (χ1n) is 8.27. The average Bonchev–Trinajstić information content (AvgIpc) is 2.95. The molecule has 6 nitrogen and oxygen atoms in total. The number of amides is 1. The van der Waals surface area contributed by atoms with Crippen molar-refractivity contribution in [1.82, 2.24) is 4.98 Å². The van der Waals surface area contributed by atoms with E-state index in [2.05, 4.69) is 10.3 Å². The highest BCUT2D eigenvalue weighted by Gasteiger charge is 2.28. The number of nitrogens with one attached hydrogen (secondary N) is 1. The molecular formula is C18H21N3O3S. The Labute approximate surface area is 147 Å². The Morgan fingerprint density at radius 3 is 2.68 bits per heavy atom. The molecule has 1 fully saturated rings. The number of rotatable bonds is 5. The Hall–Kier alpha value is -2.41. The highest BCUT2D eigenvalue weighted by Crippen LogP contribution is 2.20. The van der Waals surface area contributed by atoms with Crippen LogP contribution >= 0.6 is 0 Å². The van der Waals surface area contributed by atoms with Crippen LogP contribution in [-0.2, 0) is 9.84 Å². The molecule has 3 rings (SSSR count). The summed E-state index contributed by atoms with van der Waals surface area (Å²) in [6.45, 7) is 2.46. The molecule has 0 spiro atoms. The van der Waals surface area contributed by atoms with E-state index < -0.39 is 9.84 Å². The minimum atomic E-state index is -2.95. The first-order valence-corrected chi connectivity index (χ1v) is 10.1. The summed E-state index contributed by atoms with van der Waals surface area (Å²) in [5, 5.41) is 3.18. The molecule has 2 aromatic rings. The summed E-state index contributed by atoms with van der Waals surface area (Å²) >= 11 is 0. The summed E-state index contributed by atoms with van der Waals surface area (Å²) in [6.07, 6.45) is 3.72. The Bertz CT molecular complexity index is 853. The molecule has 0 radical (unpaired) electrons. The molecule has 1 unspecified atom stereocenters. The smallest absolute Gasteiger partial charge is 0.259 e. The molecule has 1 aliphatic rings. The van der Waals surface area contributed by atoms with E-state index in [1.165, 1.54) is 6.20 Å². The van der Waals surface area contributed by atoms with E-state index in [0.717, 1.165) is 5.69 Å². The second kappa shape index (κ2) is 7.23. The van der Waals surface area contributed by atoms with Crippen molar-refractivity contribution in [2.45, 2.75) is 19.4 Å². The summed E-state index contributed by atoms with van der Waals surface area (Å²) in [5.74, 6) is 0.189. The molecular weight excluding hydrogens is 338 g/mol. The molecule has 0 bridgehead atoms. The fraction of sp³-hybridized carbons (Fsp3) is 0.333. The molecule has 0 aliphatic carbocycles. The third-order valence-electron chi connectivity index (χ3n) is 4.22. The maximum absolute atomic E-state index is 12.8. The van der Waals surface area contributed by atoms with Crippen LogP contribution in [0.2, 0.25) is 0 Å². The quantitative estimate of drug-likeness (QED) is 0.886. The zero-order chi connectivity index (χ0) is 17.9. The number of hydrogen-bond donors (Lipinski definition) is 1. The van der Waals surface area contributed by atoms with Crippen molar-refractivity contribution in [3.8, 4) is 0 Å². The third-order valence-corrected chi connectivity index (χ3v) is 5.99. The van der Waals surface area contributed by atoms with E-state index in [1.54, 1.807) is 17.2 Å².